The normalized spacial score (nSPS) is 11.5. The van der Waals surface area contributed by atoms with E-state index in [0.717, 1.165) is 11.3 Å². The summed E-state index contributed by atoms with van der Waals surface area (Å²) in [5, 5.41) is 0. The number of pyridine rings is 1. The van der Waals surface area contributed by atoms with Crippen LogP contribution in [0.3, 0.4) is 0 Å². The van der Waals surface area contributed by atoms with Gasteiger partial charge in [-0.3, -0.25) is 4.79 Å². The number of hydrogen-bond acceptors (Lipinski definition) is 1. The molecule has 7 aromatic rings. The van der Waals surface area contributed by atoms with Crippen LogP contribution in [0.15, 0.2) is 66.9 Å². The lowest BCUT2D eigenvalue weighted by atomic mass is 9.12. The van der Waals surface area contributed by atoms with E-state index in [4.69, 9.17) is 0 Å². The zero-order valence-electron chi connectivity index (χ0n) is 34.6. The fraction of sp³-hybridized carbons (Fsp3) is 0.0870. The maximum absolute atomic E-state index is 15.4. The van der Waals surface area contributed by atoms with Gasteiger partial charge in [-0.15, -0.1) is 21.9 Å². The minimum Gasteiger partial charge on any atom is -0.287 e. The van der Waals surface area contributed by atoms with Crippen molar-refractivity contribution in [3.8, 4) is 11.3 Å². The molecule has 69 heavy (non-hydrogen) atoms. The highest BCUT2D eigenvalue weighted by molar-refractivity contribution is 7.20. The number of aryl methyl sites for hydroxylation is 3. The van der Waals surface area contributed by atoms with E-state index in [-0.39, 0.29) is 5.78 Å². The van der Waals surface area contributed by atoms with Crippen molar-refractivity contribution < 1.29 is 97.2 Å². The summed E-state index contributed by atoms with van der Waals surface area (Å²) < 4.78 is 296. The number of hydrogen-bond donors (Lipinski definition) is 0. The van der Waals surface area contributed by atoms with E-state index >= 15 is 35.1 Å². The van der Waals surface area contributed by atoms with Crippen LogP contribution in [0.2, 0.25) is 0 Å². The molecule has 0 unspecified atom stereocenters. The summed E-state index contributed by atoms with van der Waals surface area (Å²) in [4.78, 5) is 12.6. The third-order valence-electron chi connectivity index (χ3n) is 11.0. The van der Waals surface area contributed by atoms with Crippen LogP contribution in [0.4, 0.5) is 87.8 Å². The molecule has 0 atom stereocenters. The zero-order valence-corrected chi connectivity index (χ0v) is 34.6. The molecule has 23 heteroatoms. The minimum absolute atomic E-state index is 0.121. The van der Waals surface area contributed by atoms with E-state index < -0.39 is 144 Å². The monoisotopic (exact) mass is 995 g/mol. The summed E-state index contributed by atoms with van der Waals surface area (Å²) in [6.45, 7) is 6.71. The number of ketones is 1. The standard InChI is InChI=1S/C24BF20.C22H22NO/c26-5-1(6(27)14(35)21(42)13(5)34)25(2-7(28)15(36)22(43)16(37)8(2)29,3-9(30)17(38)23(44)18(39)10(3)31)4-11(32)19(40)24(45)20(41)12(4)33;1-16-13-17(2)22(18(3)14-16)20-11-7-8-12-23(20)15-21(24)19-9-5-4-6-10-19/h;4-14H,15H2,1-3H3/q-1;+1. The summed E-state index contributed by atoms with van der Waals surface area (Å²) >= 11 is 0. The van der Waals surface area contributed by atoms with Crippen LogP contribution in [-0.4, -0.2) is 11.9 Å². The second-order valence-corrected chi connectivity index (χ2v) is 15.1. The van der Waals surface area contributed by atoms with Crippen molar-refractivity contribution in [2.24, 2.45) is 0 Å². The number of rotatable bonds is 8. The van der Waals surface area contributed by atoms with Crippen molar-refractivity contribution in [1.82, 2.24) is 0 Å². The summed E-state index contributed by atoms with van der Waals surface area (Å²) in [5.74, 6) is -71.3. The Labute approximate surface area is 374 Å². The molecule has 360 valence electrons. The van der Waals surface area contributed by atoms with Gasteiger partial charge in [0, 0.05) is 17.7 Å². The van der Waals surface area contributed by atoms with E-state index in [1.54, 1.807) is 0 Å². The summed E-state index contributed by atoms with van der Waals surface area (Å²) in [6.07, 6.45) is -5.24. The number of carbonyl (C=O) groups is 1. The van der Waals surface area contributed by atoms with Gasteiger partial charge in [0.2, 0.25) is 18.0 Å². The van der Waals surface area contributed by atoms with Crippen molar-refractivity contribution in [1.29, 1.82) is 0 Å². The third kappa shape index (κ3) is 8.23. The maximum atomic E-state index is 15.4. The van der Waals surface area contributed by atoms with E-state index in [1.807, 2.05) is 53.2 Å². The highest BCUT2D eigenvalue weighted by Crippen LogP contribution is 2.31. The first kappa shape index (κ1) is 51.2. The lowest BCUT2D eigenvalue weighted by molar-refractivity contribution is -0.672. The van der Waals surface area contributed by atoms with Gasteiger partial charge < -0.3 is 0 Å². The van der Waals surface area contributed by atoms with Gasteiger partial charge in [0.1, 0.15) is 52.7 Å². The van der Waals surface area contributed by atoms with Gasteiger partial charge in [-0.2, -0.15) is 4.57 Å². The molecular formula is C46H22BF20NO. The molecule has 0 fully saturated rings. The first-order valence-electron chi connectivity index (χ1n) is 19.1. The van der Waals surface area contributed by atoms with Crippen molar-refractivity contribution in [2.75, 3.05) is 0 Å². The van der Waals surface area contributed by atoms with Crippen LogP contribution >= 0.6 is 0 Å². The van der Waals surface area contributed by atoms with Crippen molar-refractivity contribution in [2.45, 2.75) is 27.3 Å². The molecule has 0 saturated heterocycles. The first-order chi connectivity index (χ1) is 32.3. The smallest absolute Gasteiger partial charge is 0.227 e. The van der Waals surface area contributed by atoms with Gasteiger partial charge in [-0.25, -0.2) is 87.8 Å². The second kappa shape index (κ2) is 19.1. The van der Waals surface area contributed by atoms with Gasteiger partial charge in [0.05, 0.1) is 5.56 Å². The topological polar surface area (TPSA) is 20.9 Å². The predicted molar refractivity (Wildman–Crippen MR) is 206 cm³/mol. The number of benzene rings is 6. The van der Waals surface area contributed by atoms with Crippen molar-refractivity contribution >= 4 is 33.8 Å². The molecule has 6 aromatic carbocycles. The zero-order chi connectivity index (χ0) is 51.5. The molecule has 0 N–H and O–H groups in total. The fourth-order valence-corrected chi connectivity index (χ4v) is 8.17. The molecule has 1 heterocycles. The molecule has 0 saturated carbocycles. The Hall–Kier alpha value is -7.20. The first-order valence-corrected chi connectivity index (χ1v) is 19.1. The van der Waals surface area contributed by atoms with Gasteiger partial charge in [0.15, 0.2) is 76.0 Å². The summed E-state index contributed by atoms with van der Waals surface area (Å²) in [5.41, 5.74) is -7.56. The van der Waals surface area contributed by atoms with Crippen LogP contribution in [0.1, 0.15) is 27.0 Å². The van der Waals surface area contributed by atoms with E-state index in [2.05, 4.69) is 39.0 Å². The number of carbonyl (C=O) groups excluding carboxylic acids is 1. The second-order valence-electron chi connectivity index (χ2n) is 15.1. The average Bonchev–Trinajstić information content (AvgIpc) is 3.32. The lowest BCUT2D eigenvalue weighted by Crippen LogP contribution is -2.81. The molecule has 2 nitrogen and oxygen atoms in total. The van der Waals surface area contributed by atoms with Gasteiger partial charge >= 0.3 is 0 Å². The maximum Gasteiger partial charge on any atom is 0.227 e. The number of Topliss-reactive ketones (excluding diaryl/α,β-unsaturated/α-hetero) is 1. The van der Waals surface area contributed by atoms with Crippen molar-refractivity contribution in [3.05, 3.63) is 205 Å². The highest BCUT2D eigenvalue weighted by atomic mass is 19.2. The number of aromatic nitrogens is 1. The Morgan fingerprint density at radius 2 is 0.667 bits per heavy atom. The Morgan fingerprint density at radius 1 is 0.391 bits per heavy atom. The van der Waals surface area contributed by atoms with Crippen LogP contribution in [0, 0.1) is 137 Å². The third-order valence-corrected chi connectivity index (χ3v) is 11.0. The molecule has 0 aliphatic heterocycles. The molecule has 0 bridgehead atoms. The largest absolute Gasteiger partial charge is 0.287 e. The quantitative estimate of drug-likeness (QED) is 0.0371. The van der Waals surface area contributed by atoms with Crippen LogP contribution < -0.4 is 26.4 Å². The predicted octanol–water partition coefficient (Wildman–Crippen LogP) is 10.3. The summed E-state index contributed by atoms with van der Waals surface area (Å²) in [7, 11) is 0. The van der Waals surface area contributed by atoms with Crippen LogP contribution in [0.25, 0.3) is 11.3 Å². The van der Waals surface area contributed by atoms with Crippen molar-refractivity contribution in [3.63, 3.8) is 0 Å². The highest BCUT2D eigenvalue weighted by Gasteiger charge is 2.52. The molecule has 0 amide bonds. The van der Waals surface area contributed by atoms with E-state index in [0.29, 0.717) is 6.54 Å². The number of nitrogens with zero attached hydrogens (tertiary/aromatic N) is 1. The molecular weight excluding hydrogens is 973 g/mol. The van der Waals surface area contributed by atoms with Crippen LogP contribution in [0.5, 0.6) is 0 Å². The van der Waals surface area contributed by atoms with E-state index in [9.17, 15) is 57.5 Å². The van der Waals surface area contributed by atoms with E-state index in [1.165, 1.54) is 22.3 Å². The fourth-order valence-electron chi connectivity index (χ4n) is 8.17. The number of halogens is 20. The van der Waals surface area contributed by atoms with Gasteiger partial charge in [0.25, 0.3) is 0 Å². The van der Waals surface area contributed by atoms with Gasteiger partial charge in [-0.1, -0.05) is 48.0 Å². The Bertz CT molecular complexity index is 2850. The van der Waals surface area contributed by atoms with Crippen LogP contribution in [-0.2, 0) is 6.54 Å². The SMILES string of the molecule is Cc1cc(C)c(-c2cccc[n+]2CC(=O)c2ccccc2)c(C)c1.Fc1c(F)c(F)c([B-](c2c(F)c(F)c(F)c(F)c2F)(c2c(F)c(F)c(F)c(F)c2F)c2c(F)c(F)c(F)c(F)c2F)c(F)c1F. The molecule has 0 aliphatic rings. The van der Waals surface area contributed by atoms with Gasteiger partial charge in [-0.05, 0) is 38.0 Å². The molecule has 0 spiro atoms. The molecule has 0 aliphatic carbocycles. The average molecular weight is 995 g/mol. The Kier molecular flexibility index (Phi) is 14.1. The lowest BCUT2D eigenvalue weighted by Gasteiger charge is -2.44. The molecule has 1 aromatic heterocycles. The summed E-state index contributed by atoms with van der Waals surface area (Å²) in [6, 6.07) is 19.9. The molecule has 7 rings (SSSR count). The Balaban J connectivity index is 0.000000273. The Morgan fingerprint density at radius 3 is 0.971 bits per heavy atom. The minimum atomic E-state index is -7.22. The molecule has 0 radical (unpaired) electrons.